The summed E-state index contributed by atoms with van der Waals surface area (Å²) in [5.41, 5.74) is 13.7. The minimum Gasteiger partial charge on any atom is -0.355 e. The lowest BCUT2D eigenvalue weighted by Gasteiger charge is -2.24. The minimum absolute atomic E-state index is 0.587. The molecule has 0 fully saturated rings. The van der Waals surface area contributed by atoms with Crippen molar-refractivity contribution < 1.29 is 0 Å². The second-order valence-electron chi connectivity index (χ2n) is 17.2. The van der Waals surface area contributed by atoms with E-state index in [1.165, 1.54) is 10.8 Å². The number of aliphatic imine (C=N–C) groups is 2. The van der Waals surface area contributed by atoms with Gasteiger partial charge < -0.3 is 19.4 Å². The van der Waals surface area contributed by atoms with Crippen LogP contribution in [0.5, 0.6) is 0 Å². The molecule has 0 radical (unpaired) electrons. The van der Waals surface area contributed by atoms with Gasteiger partial charge in [0, 0.05) is 66.4 Å². The van der Waals surface area contributed by atoms with Gasteiger partial charge in [0.2, 0.25) is 0 Å². The molecule has 6 nitrogen and oxygen atoms in total. The SMILES string of the molecule is C=C/C=C\c1[nH]c(=C/C=C)/c(=C\n2c3ccccc3c3ccc4c5ccccc5n(-c5ccccc5)c4c32)c1C1N=C(c2cccc(-c3ccccc3)c2)N=C(c2cccc(-c3ccccc3)c2)N1. The summed E-state index contributed by atoms with van der Waals surface area (Å²) in [6.07, 6.45) is 11.4. The zero-order chi connectivity index (χ0) is 46.3. The van der Waals surface area contributed by atoms with E-state index in [9.17, 15) is 0 Å². The Labute approximate surface area is 399 Å². The molecule has 11 aromatic rings. The largest absolute Gasteiger partial charge is 0.355 e. The predicted octanol–water partition coefficient (Wildman–Crippen LogP) is 13.5. The quantitative estimate of drug-likeness (QED) is 0.132. The molecule has 0 saturated heterocycles. The number of rotatable bonds is 10. The number of nitrogens with zero attached hydrogens (tertiary/aromatic N) is 4. The molecular weight excluding hydrogens is 841 g/mol. The van der Waals surface area contributed by atoms with Crippen LogP contribution in [-0.4, -0.2) is 25.8 Å². The summed E-state index contributed by atoms with van der Waals surface area (Å²) < 4.78 is 4.80. The molecule has 12 rings (SSSR count). The van der Waals surface area contributed by atoms with Crippen LogP contribution in [0.4, 0.5) is 0 Å². The van der Waals surface area contributed by atoms with Gasteiger partial charge in [-0.2, -0.15) is 0 Å². The summed E-state index contributed by atoms with van der Waals surface area (Å²) in [4.78, 5) is 14.7. The van der Waals surface area contributed by atoms with Crippen LogP contribution in [0.2, 0.25) is 0 Å². The maximum absolute atomic E-state index is 5.57. The molecule has 0 aliphatic carbocycles. The number of H-pyrrole nitrogens is 1. The number of benzene rings is 8. The first-order valence-corrected chi connectivity index (χ1v) is 23.3. The summed E-state index contributed by atoms with van der Waals surface area (Å²) in [5, 5.41) is 10.4. The van der Waals surface area contributed by atoms with Gasteiger partial charge in [0.25, 0.3) is 0 Å². The molecule has 1 unspecified atom stereocenters. The first-order chi connectivity index (χ1) is 34.1. The van der Waals surface area contributed by atoms with E-state index in [1.54, 1.807) is 6.08 Å². The molecule has 1 aliphatic heterocycles. The summed E-state index contributed by atoms with van der Waals surface area (Å²) in [6.45, 7) is 8.25. The number of allylic oxidation sites excluding steroid dienone is 3. The normalized spacial score (nSPS) is 14.5. The highest BCUT2D eigenvalue weighted by molar-refractivity contribution is 6.24. The third kappa shape index (κ3) is 7.32. The third-order valence-electron chi connectivity index (χ3n) is 13.1. The molecule has 328 valence electrons. The lowest BCUT2D eigenvalue weighted by Crippen LogP contribution is -2.37. The number of aromatic amines is 1. The van der Waals surface area contributed by atoms with Crippen LogP contribution in [0.3, 0.4) is 0 Å². The average Bonchev–Trinajstić information content (AvgIpc) is 4.06. The van der Waals surface area contributed by atoms with Crippen LogP contribution in [0.25, 0.3) is 89.9 Å². The lowest BCUT2D eigenvalue weighted by molar-refractivity contribution is 0.670. The molecule has 0 saturated carbocycles. The van der Waals surface area contributed by atoms with Crippen LogP contribution in [0.1, 0.15) is 28.6 Å². The first kappa shape index (κ1) is 41.2. The number of hydrogen-bond donors (Lipinski definition) is 2. The van der Waals surface area contributed by atoms with Crippen LogP contribution in [0.15, 0.2) is 242 Å². The highest BCUT2D eigenvalue weighted by Crippen LogP contribution is 2.40. The number of amidine groups is 2. The van der Waals surface area contributed by atoms with Gasteiger partial charge in [-0.3, -0.25) is 0 Å². The summed E-state index contributed by atoms with van der Waals surface area (Å²) in [5.74, 6) is 1.35. The number of para-hydroxylation sites is 3. The van der Waals surface area contributed by atoms with E-state index in [4.69, 9.17) is 9.98 Å². The van der Waals surface area contributed by atoms with Crippen molar-refractivity contribution in [2.75, 3.05) is 0 Å². The van der Waals surface area contributed by atoms with Gasteiger partial charge in [-0.1, -0.05) is 195 Å². The van der Waals surface area contributed by atoms with Crippen molar-refractivity contribution in [3.05, 3.63) is 265 Å². The van der Waals surface area contributed by atoms with Crippen LogP contribution < -0.4 is 15.9 Å². The number of fused-ring (bicyclic) bond motifs is 7. The van der Waals surface area contributed by atoms with Crippen molar-refractivity contribution in [2.45, 2.75) is 6.17 Å². The topological polar surface area (TPSA) is 62.4 Å². The van der Waals surface area contributed by atoms with Crippen molar-refractivity contribution in [1.29, 1.82) is 0 Å². The molecule has 0 amide bonds. The Morgan fingerprint density at radius 1 is 0.507 bits per heavy atom. The molecule has 3 aromatic heterocycles. The van der Waals surface area contributed by atoms with Gasteiger partial charge in [0.1, 0.15) is 5.84 Å². The fraction of sp³-hybridized carbons (Fsp3) is 0.0159. The van der Waals surface area contributed by atoms with Crippen LogP contribution in [-0.2, 0) is 0 Å². The number of aromatic nitrogens is 3. The maximum atomic E-state index is 5.57. The molecule has 2 N–H and O–H groups in total. The van der Waals surface area contributed by atoms with E-state index in [0.29, 0.717) is 5.84 Å². The average molecular weight is 887 g/mol. The standard InChI is InChI=1S/C63H46N6/c1-3-5-34-55-58(63-66-61(46-28-19-26-44(39-46)42-22-9-6-10-23-42)65-62(67-63)47-29-20-27-45(40-47)43-24-11-7-12-25-43)53(54(64-55)21-4-2)41-68-56-35-17-15-32-49(56)51-37-38-52-50-33-16-18-36-57(50)69(60(52)59(51)68)48-30-13-8-14-31-48/h3-41,63-64H,1-2H2,(H,65,66,67)/b34-5-,53-41+,54-21+. The molecular formula is C63H46N6. The molecule has 1 atom stereocenters. The lowest BCUT2D eigenvalue weighted by atomic mass is 10.0. The molecule has 8 aromatic carbocycles. The van der Waals surface area contributed by atoms with E-state index in [0.717, 1.165) is 99.6 Å². The minimum atomic E-state index is -0.587. The van der Waals surface area contributed by atoms with Crippen LogP contribution in [0, 0.1) is 0 Å². The molecule has 0 bridgehead atoms. The van der Waals surface area contributed by atoms with E-state index >= 15 is 0 Å². The number of hydrogen-bond acceptors (Lipinski definition) is 3. The number of nitrogens with one attached hydrogen (secondary N) is 2. The van der Waals surface area contributed by atoms with Gasteiger partial charge in [-0.25, -0.2) is 9.98 Å². The van der Waals surface area contributed by atoms with E-state index in [1.807, 2.05) is 30.4 Å². The molecule has 1 aliphatic rings. The Morgan fingerprint density at radius 2 is 1.07 bits per heavy atom. The summed E-state index contributed by atoms with van der Waals surface area (Å²) in [6, 6.07) is 70.6. The predicted molar refractivity (Wildman–Crippen MR) is 290 cm³/mol. The molecule has 69 heavy (non-hydrogen) atoms. The fourth-order valence-electron chi connectivity index (χ4n) is 10.0. The zero-order valence-corrected chi connectivity index (χ0v) is 37.8. The highest BCUT2D eigenvalue weighted by Gasteiger charge is 2.27. The Hall–Kier alpha value is -9.26. The Kier molecular flexibility index (Phi) is 10.5. The Balaban J connectivity index is 1.15. The second-order valence-corrected chi connectivity index (χ2v) is 17.2. The summed E-state index contributed by atoms with van der Waals surface area (Å²) >= 11 is 0. The molecule has 0 spiro atoms. The highest BCUT2D eigenvalue weighted by atomic mass is 15.2. The van der Waals surface area contributed by atoms with E-state index in [-0.39, 0.29) is 0 Å². The maximum Gasteiger partial charge on any atom is 0.159 e. The second kappa shape index (κ2) is 17.5. The van der Waals surface area contributed by atoms with Gasteiger partial charge in [-0.15, -0.1) is 0 Å². The molecule has 4 heterocycles. The van der Waals surface area contributed by atoms with E-state index in [2.05, 4.69) is 233 Å². The van der Waals surface area contributed by atoms with Gasteiger partial charge in [-0.05, 0) is 70.8 Å². The molecule has 6 heteroatoms. The fourth-order valence-corrected chi connectivity index (χ4v) is 10.0. The summed E-state index contributed by atoms with van der Waals surface area (Å²) in [7, 11) is 0. The first-order valence-electron chi connectivity index (χ1n) is 23.3. The van der Waals surface area contributed by atoms with Crippen molar-refractivity contribution in [3.63, 3.8) is 0 Å². The van der Waals surface area contributed by atoms with Crippen molar-refractivity contribution >= 4 is 73.6 Å². The van der Waals surface area contributed by atoms with Crippen molar-refractivity contribution in [2.24, 2.45) is 9.98 Å². The van der Waals surface area contributed by atoms with Gasteiger partial charge in [0.15, 0.2) is 12.0 Å². The Morgan fingerprint density at radius 3 is 1.75 bits per heavy atom. The third-order valence-corrected chi connectivity index (χ3v) is 13.1. The van der Waals surface area contributed by atoms with Gasteiger partial charge >= 0.3 is 0 Å². The Bertz CT molecular complexity index is 4010. The van der Waals surface area contributed by atoms with Crippen molar-refractivity contribution in [3.8, 4) is 27.9 Å². The smallest absolute Gasteiger partial charge is 0.159 e. The van der Waals surface area contributed by atoms with E-state index < -0.39 is 6.17 Å². The van der Waals surface area contributed by atoms with Crippen LogP contribution >= 0.6 is 0 Å². The van der Waals surface area contributed by atoms with Crippen molar-refractivity contribution in [1.82, 2.24) is 19.4 Å². The van der Waals surface area contributed by atoms with Gasteiger partial charge in [0.05, 0.1) is 22.1 Å². The monoisotopic (exact) mass is 886 g/mol. The zero-order valence-electron chi connectivity index (χ0n) is 37.8.